The summed E-state index contributed by atoms with van der Waals surface area (Å²) in [6.45, 7) is 6.85. The van der Waals surface area contributed by atoms with Crippen molar-refractivity contribution >= 4 is 5.91 Å². The molecule has 4 nitrogen and oxygen atoms in total. The van der Waals surface area contributed by atoms with Gasteiger partial charge in [-0.2, -0.15) is 0 Å². The maximum Gasteiger partial charge on any atom is 0.254 e. The Balaban J connectivity index is 2.27. The summed E-state index contributed by atoms with van der Waals surface area (Å²) in [7, 11) is 0. The number of morpholine rings is 1. The largest absolute Gasteiger partial charge is 0.508 e. The number of benzene rings is 1. The second-order valence-electron chi connectivity index (χ2n) is 4.90. The van der Waals surface area contributed by atoms with Crippen LogP contribution < -0.4 is 0 Å². The van der Waals surface area contributed by atoms with Crippen LogP contribution in [0, 0.1) is 6.92 Å². The molecule has 0 saturated carbocycles. The number of phenolic OH excluding ortho intramolecular Hbond substituents is 1. The number of hydrogen-bond donors (Lipinski definition) is 1. The van der Waals surface area contributed by atoms with Gasteiger partial charge < -0.3 is 14.7 Å². The molecule has 4 heteroatoms. The maximum absolute atomic E-state index is 12.5. The fourth-order valence-electron chi connectivity index (χ4n) is 2.20. The molecular weight excluding hydrogens is 230 g/mol. The summed E-state index contributed by atoms with van der Waals surface area (Å²) in [6.07, 6.45) is 0.0581. The minimum absolute atomic E-state index is 0.0361. The fourth-order valence-corrected chi connectivity index (χ4v) is 2.20. The highest BCUT2D eigenvalue weighted by atomic mass is 16.5. The van der Waals surface area contributed by atoms with E-state index in [0.29, 0.717) is 24.3 Å². The molecule has 1 amide bonds. The molecule has 1 aromatic rings. The second-order valence-corrected chi connectivity index (χ2v) is 4.90. The zero-order valence-corrected chi connectivity index (χ0v) is 11.0. The summed E-state index contributed by atoms with van der Waals surface area (Å²) >= 11 is 0. The number of phenols is 1. The van der Waals surface area contributed by atoms with Crippen LogP contribution in [-0.4, -0.2) is 41.2 Å². The normalized spacial score (nSPS) is 24.1. The fraction of sp³-hybridized carbons (Fsp3) is 0.500. The van der Waals surface area contributed by atoms with Crippen LogP contribution in [0.15, 0.2) is 18.2 Å². The Morgan fingerprint density at radius 2 is 2.17 bits per heavy atom. The van der Waals surface area contributed by atoms with Crippen molar-refractivity contribution in [1.29, 1.82) is 0 Å². The van der Waals surface area contributed by atoms with Gasteiger partial charge in [-0.05, 0) is 32.9 Å². The number of hydrogen-bond acceptors (Lipinski definition) is 3. The third-order valence-electron chi connectivity index (χ3n) is 3.40. The highest BCUT2D eigenvalue weighted by molar-refractivity contribution is 5.96. The van der Waals surface area contributed by atoms with Gasteiger partial charge in [-0.3, -0.25) is 4.79 Å². The molecule has 98 valence electrons. The van der Waals surface area contributed by atoms with Crippen molar-refractivity contribution in [2.75, 3.05) is 13.2 Å². The van der Waals surface area contributed by atoms with Crippen LogP contribution in [0.1, 0.15) is 29.8 Å². The van der Waals surface area contributed by atoms with E-state index >= 15 is 0 Å². The predicted octanol–water partition coefficient (Wildman–Crippen LogP) is 1.95. The molecule has 1 saturated heterocycles. The molecule has 2 atom stereocenters. The topological polar surface area (TPSA) is 49.8 Å². The second kappa shape index (κ2) is 4.98. The van der Waals surface area contributed by atoms with Crippen molar-refractivity contribution in [3.63, 3.8) is 0 Å². The molecule has 0 aromatic heterocycles. The van der Waals surface area contributed by atoms with Crippen LogP contribution >= 0.6 is 0 Å². The molecule has 0 bridgehead atoms. The third kappa shape index (κ3) is 2.34. The summed E-state index contributed by atoms with van der Waals surface area (Å²) in [6, 6.07) is 5.11. The lowest BCUT2D eigenvalue weighted by Gasteiger charge is -2.37. The molecule has 1 heterocycles. The van der Waals surface area contributed by atoms with E-state index in [1.54, 1.807) is 25.1 Å². The number of amides is 1. The van der Waals surface area contributed by atoms with E-state index in [2.05, 4.69) is 0 Å². The van der Waals surface area contributed by atoms with Crippen LogP contribution in [0.5, 0.6) is 5.75 Å². The Labute approximate surface area is 107 Å². The lowest BCUT2D eigenvalue weighted by atomic mass is 10.0. The van der Waals surface area contributed by atoms with Crippen LogP contribution in [0.3, 0.4) is 0 Å². The quantitative estimate of drug-likeness (QED) is 0.827. The molecular formula is C14H19NO3. The Bertz CT molecular complexity index is 458. The molecule has 1 fully saturated rings. The number of carbonyl (C=O) groups excluding carboxylic acids is 1. The van der Waals surface area contributed by atoms with Gasteiger partial charge in [0.25, 0.3) is 5.91 Å². The molecule has 18 heavy (non-hydrogen) atoms. The van der Waals surface area contributed by atoms with Crippen LogP contribution in [0.4, 0.5) is 0 Å². The SMILES string of the molecule is Cc1c(O)cccc1C(=O)N1CC(C)OCC1C. The zero-order chi connectivity index (χ0) is 13.3. The molecule has 1 aromatic carbocycles. The van der Waals surface area contributed by atoms with Gasteiger partial charge in [-0.15, -0.1) is 0 Å². The third-order valence-corrected chi connectivity index (χ3v) is 3.40. The molecule has 1 aliphatic heterocycles. The summed E-state index contributed by atoms with van der Waals surface area (Å²) in [5.41, 5.74) is 1.20. The standard InChI is InChI=1S/C14H19NO3/c1-9-8-18-10(2)7-15(9)14(17)12-5-4-6-13(16)11(12)3/h4-6,9-10,16H,7-8H2,1-3H3. The Kier molecular flexibility index (Phi) is 3.57. The zero-order valence-electron chi connectivity index (χ0n) is 11.0. The van der Waals surface area contributed by atoms with Gasteiger partial charge in [-0.1, -0.05) is 6.07 Å². The minimum atomic E-state index is -0.0361. The number of nitrogens with zero attached hydrogens (tertiary/aromatic N) is 1. The van der Waals surface area contributed by atoms with Gasteiger partial charge >= 0.3 is 0 Å². The van der Waals surface area contributed by atoms with Gasteiger partial charge in [0.1, 0.15) is 5.75 Å². The summed E-state index contributed by atoms with van der Waals surface area (Å²) in [4.78, 5) is 14.3. The van der Waals surface area contributed by atoms with E-state index in [0.717, 1.165) is 0 Å². The Morgan fingerprint density at radius 3 is 2.89 bits per heavy atom. The van der Waals surface area contributed by atoms with Crippen LogP contribution in [-0.2, 0) is 4.74 Å². The van der Waals surface area contributed by atoms with Crippen molar-refractivity contribution in [3.8, 4) is 5.75 Å². The summed E-state index contributed by atoms with van der Waals surface area (Å²) < 4.78 is 5.52. The van der Waals surface area contributed by atoms with E-state index in [9.17, 15) is 9.90 Å². The van der Waals surface area contributed by atoms with Crippen molar-refractivity contribution in [3.05, 3.63) is 29.3 Å². The predicted molar refractivity (Wildman–Crippen MR) is 68.8 cm³/mol. The number of carbonyl (C=O) groups is 1. The Hall–Kier alpha value is -1.55. The first-order chi connectivity index (χ1) is 8.50. The van der Waals surface area contributed by atoms with Gasteiger partial charge in [0, 0.05) is 17.7 Å². The molecule has 0 radical (unpaired) electrons. The molecule has 1 N–H and O–H groups in total. The van der Waals surface area contributed by atoms with Crippen LogP contribution in [0.25, 0.3) is 0 Å². The monoisotopic (exact) mass is 249 g/mol. The van der Waals surface area contributed by atoms with Gasteiger partial charge in [0.2, 0.25) is 0 Å². The van der Waals surface area contributed by atoms with E-state index in [1.807, 2.05) is 18.7 Å². The highest BCUT2D eigenvalue weighted by Crippen LogP contribution is 2.23. The molecule has 1 aliphatic rings. The first-order valence-electron chi connectivity index (χ1n) is 6.22. The molecule has 0 spiro atoms. The average molecular weight is 249 g/mol. The first-order valence-corrected chi connectivity index (χ1v) is 6.22. The average Bonchev–Trinajstić information content (AvgIpc) is 2.35. The number of ether oxygens (including phenoxy) is 1. The minimum Gasteiger partial charge on any atom is -0.508 e. The van der Waals surface area contributed by atoms with E-state index in [-0.39, 0.29) is 23.8 Å². The highest BCUT2D eigenvalue weighted by Gasteiger charge is 2.29. The van der Waals surface area contributed by atoms with Crippen molar-refractivity contribution in [2.45, 2.75) is 32.9 Å². The number of aromatic hydroxyl groups is 1. The Morgan fingerprint density at radius 1 is 1.44 bits per heavy atom. The molecule has 2 rings (SSSR count). The summed E-state index contributed by atoms with van der Waals surface area (Å²) in [5, 5.41) is 9.67. The number of rotatable bonds is 1. The molecule has 2 unspecified atom stereocenters. The van der Waals surface area contributed by atoms with Crippen molar-refractivity contribution in [2.24, 2.45) is 0 Å². The van der Waals surface area contributed by atoms with Gasteiger partial charge in [0.05, 0.1) is 18.8 Å². The van der Waals surface area contributed by atoms with Crippen molar-refractivity contribution in [1.82, 2.24) is 4.90 Å². The lowest BCUT2D eigenvalue weighted by molar-refractivity contribution is -0.0387. The smallest absolute Gasteiger partial charge is 0.254 e. The molecule has 0 aliphatic carbocycles. The van der Waals surface area contributed by atoms with Gasteiger partial charge in [0.15, 0.2) is 0 Å². The van der Waals surface area contributed by atoms with E-state index < -0.39 is 0 Å². The maximum atomic E-state index is 12.5. The lowest BCUT2D eigenvalue weighted by Crippen LogP contribution is -2.50. The van der Waals surface area contributed by atoms with Crippen molar-refractivity contribution < 1.29 is 14.6 Å². The van der Waals surface area contributed by atoms with Crippen LogP contribution in [0.2, 0.25) is 0 Å². The van der Waals surface area contributed by atoms with E-state index in [4.69, 9.17) is 4.74 Å². The van der Waals surface area contributed by atoms with E-state index in [1.165, 1.54) is 0 Å². The van der Waals surface area contributed by atoms with Gasteiger partial charge in [-0.25, -0.2) is 0 Å². The first kappa shape index (κ1) is 12.9. The summed E-state index contributed by atoms with van der Waals surface area (Å²) in [5.74, 6) is 0.126.